The van der Waals surface area contributed by atoms with E-state index in [-0.39, 0.29) is 18.9 Å². The number of halogens is 2. The standard InChI is InChI=1S/C11H16F2O2/c1-2-15-10(14)8-5-7-3-4-9(8)11(12,13)6-7/h7-9H,2-6H2,1H3/t7-,8+,9+/m0/s1. The Hall–Kier alpha value is -0.670. The zero-order valence-electron chi connectivity index (χ0n) is 8.84. The molecule has 0 spiro atoms. The van der Waals surface area contributed by atoms with E-state index in [4.69, 9.17) is 4.74 Å². The molecule has 3 fully saturated rings. The maximum atomic E-state index is 13.5. The number of fused-ring (bicyclic) bond motifs is 3. The molecule has 0 unspecified atom stereocenters. The van der Waals surface area contributed by atoms with Gasteiger partial charge in [0, 0.05) is 12.3 Å². The van der Waals surface area contributed by atoms with E-state index in [1.165, 1.54) is 0 Å². The Morgan fingerprint density at radius 2 is 2.20 bits per heavy atom. The molecule has 3 aliphatic carbocycles. The van der Waals surface area contributed by atoms with Crippen LogP contribution in [-0.4, -0.2) is 18.5 Å². The Morgan fingerprint density at radius 1 is 1.47 bits per heavy atom. The third-order valence-corrected chi connectivity index (χ3v) is 3.65. The normalized spacial score (nSPS) is 37.7. The highest BCUT2D eigenvalue weighted by atomic mass is 19.3. The Bertz CT molecular complexity index is 265. The van der Waals surface area contributed by atoms with Gasteiger partial charge < -0.3 is 4.74 Å². The molecule has 2 bridgehead atoms. The lowest BCUT2D eigenvalue weighted by Crippen LogP contribution is -2.49. The highest BCUT2D eigenvalue weighted by Crippen LogP contribution is 2.53. The van der Waals surface area contributed by atoms with E-state index in [9.17, 15) is 13.6 Å². The first kappa shape index (κ1) is 10.8. The first-order valence-electron chi connectivity index (χ1n) is 5.59. The van der Waals surface area contributed by atoms with Gasteiger partial charge in [-0.25, -0.2) is 8.78 Å². The van der Waals surface area contributed by atoms with Crippen molar-refractivity contribution in [2.75, 3.05) is 6.61 Å². The maximum Gasteiger partial charge on any atom is 0.309 e. The number of hydrogen-bond donors (Lipinski definition) is 0. The van der Waals surface area contributed by atoms with Gasteiger partial charge in [0.25, 0.3) is 5.92 Å². The Balaban J connectivity index is 2.11. The number of rotatable bonds is 2. The van der Waals surface area contributed by atoms with Gasteiger partial charge >= 0.3 is 5.97 Å². The molecule has 0 aromatic heterocycles. The fraction of sp³-hybridized carbons (Fsp3) is 0.909. The van der Waals surface area contributed by atoms with Gasteiger partial charge in [0.05, 0.1) is 12.5 Å². The summed E-state index contributed by atoms with van der Waals surface area (Å²) in [7, 11) is 0. The van der Waals surface area contributed by atoms with E-state index in [2.05, 4.69) is 0 Å². The smallest absolute Gasteiger partial charge is 0.309 e. The van der Waals surface area contributed by atoms with E-state index in [1.807, 2.05) is 0 Å². The van der Waals surface area contributed by atoms with Gasteiger partial charge in [-0.2, -0.15) is 0 Å². The zero-order valence-corrected chi connectivity index (χ0v) is 8.84. The van der Waals surface area contributed by atoms with Crippen LogP contribution in [0.15, 0.2) is 0 Å². The van der Waals surface area contributed by atoms with E-state index >= 15 is 0 Å². The van der Waals surface area contributed by atoms with Gasteiger partial charge in [-0.05, 0) is 32.1 Å². The summed E-state index contributed by atoms with van der Waals surface area (Å²) in [5, 5.41) is 0. The first-order chi connectivity index (χ1) is 7.04. The molecule has 0 saturated heterocycles. The molecular formula is C11H16F2O2. The van der Waals surface area contributed by atoms with Gasteiger partial charge in [0.1, 0.15) is 0 Å². The molecule has 3 aliphatic rings. The van der Waals surface area contributed by atoms with Crippen molar-refractivity contribution in [1.82, 2.24) is 0 Å². The summed E-state index contributed by atoms with van der Waals surface area (Å²) in [6.45, 7) is 1.98. The molecule has 3 atom stereocenters. The number of esters is 1. The zero-order chi connectivity index (χ0) is 11.1. The van der Waals surface area contributed by atoms with Gasteiger partial charge in [0.2, 0.25) is 0 Å². The van der Waals surface area contributed by atoms with Crippen LogP contribution in [-0.2, 0) is 9.53 Å². The molecule has 3 saturated carbocycles. The Morgan fingerprint density at radius 3 is 2.73 bits per heavy atom. The van der Waals surface area contributed by atoms with Gasteiger partial charge in [-0.3, -0.25) is 4.79 Å². The van der Waals surface area contributed by atoms with E-state index in [0.29, 0.717) is 12.8 Å². The van der Waals surface area contributed by atoms with Crippen molar-refractivity contribution in [2.24, 2.45) is 17.8 Å². The molecule has 2 nitrogen and oxygen atoms in total. The molecule has 0 N–H and O–H groups in total. The summed E-state index contributed by atoms with van der Waals surface area (Å²) in [5.74, 6) is -4.40. The summed E-state index contributed by atoms with van der Waals surface area (Å²) < 4.78 is 31.9. The number of alkyl halides is 2. The number of carbonyl (C=O) groups excluding carboxylic acids is 1. The SMILES string of the molecule is CCOC(=O)[C@@H]1C[C@@H]2CC[C@H]1C(F)(F)C2. The van der Waals surface area contributed by atoms with Crippen LogP contribution in [0.1, 0.15) is 32.6 Å². The van der Waals surface area contributed by atoms with Crippen LogP contribution in [0.2, 0.25) is 0 Å². The Labute approximate surface area is 88.0 Å². The average Bonchev–Trinajstić information content (AvgIpc) is 2.16. The Kier molecular flexibility index (Phi) is 2.69. The van der Waals surface area contributed by atoms with Crippen LogP contribution >= 0.6 is 0 Å². The highest BCUT2D eigenvalue weighted by Gasteiger charge is 2.55. The van der Waals surface area contributed by atoms with Crippen molar-refractivity contribution in [3.05, 3.63) is 0 Å². The molecule has 0 aromatic carbocycles. The monoisotopic (exact) mass is 218 g/mol. The molecule has 3 rings (SSSR count). The van der Waals surface area contributed by atoms with E-state index < -0.39 is 23.7 Å². The fourth-order valence-electron chi connectivity index (χ4n) is 2.99. The van der Waals surface area contributed by atoms with Crippen molar-refractivity contribution in [1.29, 1.82) is 0 Å². The molecule has 86 valence electrons. The topological polar surface area (TPSA) is 26.3 Å². The predicted molar refractivity (Wildman–Crippen MR) is 50.5 cm³/mol. The fourth-order valence-corrected chi connectivity index (χ4v) is 2.99. The second-order valence-corrected chi connectivity index (χ2v) is 4.61. The van der Waals surface area contributed by atoms with Crippen molar-refractivity contribution >= 4 is 5.97 Å². The van der Waals surface area contributed by atoms with Crippen molar-refractivity contribution < 1.29 is 18.3 Å². The highest BCUT2D eigenvalue weighted by molar-refractivity contribution is 5.73. The van der Waals surface area contributed by atoms with E-state index in [0.717, 1.165) is 6.42 Å². The molecule has 0 aromatic rings. The average molecular weight is 218 g/mol. The second kappa shape index (κ2) is 3.72. The maximum absolute atomic E-state index is 13.5. The molecule has 0 amide bonds. The van der Waals surface area contributed by atoms with Crippen LogP contribution in [0.3, 0.4) is 0 Å². The van der Waals surface area contributed by atoms with Gasteiger partial charge in [-0.1, -0.05) is 0 Å². The van der Waals surface area contributed by atoms with Gasteiger partial charge in [-0.15, -0.1) is 0 Å². The largest absolute Gasteiger partial charge is 0.466 e. The minimum Gasteiger partial charge on any atom is -0.466 e. The molecule has 4 heteroatoms. The summed E-state index contributed by atoms with van der Waals surface area (Å²) in [6, 6.07) is 0. The lowest BCUT2D eigenvalue weighted by molar-refractivity contribution is -0.183. The summed E-state index contributed by atoms with van der Waals surface area (Å²) in [6.07, 6.45) is 1.88. The first-order valence-corrected chi connectivity index (χ1v) is 5.59. The van der Waals surface area contributed by atoms with Crippen molar-refractivity contribution in [3.63, 3.8) is 0 Å². The molecular weight excluding hydrogens is 202 g/mol. The second-order valence-electron chi connectivity index (χ2n) is 4.61. The predicted octanol–water partition coefficient (Wildman–Crippen LogP) is 2.62. The van der Waals surface area contributed by atoms with Crippen LogP contribution in [0.4, 0.5) is 8.78 Å². The minimum absolute atomic E-state index is 0.0133. The molecule has 0 aliphatic heterocycles. The summed E-state index contributed by atoms with van der Waals surface area (Å²) >= 11 is 0. The van der Waals surface area contributed by atoms with E-state index in [1.54, 1.807) is 6.92 Å². The number of hydrogen-bond acceptors (Lipinski definition) is 2. The van der Waals surface area contributed by atoms with Crippen LogP contribution in [0, 0.1) is 17.8 Å². The number of ether oxygens (including phenoxy) is 1. The third kappa shape index (κ3) is 1.86. The molecule has 0 radical (unpaired) electrons. The third-order valence-electron chi connectivity index (χ3n) is 3.65. The van der Waals surface area contributed by atoms with Crippen LogP contribution < -0.4 is 0 Å². The summed E-state index contributed by atoms with van der Waals surface area (Å²) in [5.41, 5.74) is 0. The van der Waals surface area contributed by atoms with Crippen LogP contribution in [0.5, 0.6) is 0 Å². The summed E-state index contributed by atoms with van der Waals surface area (Å²) in [4.78, 5) is 11.5. The molecule has 0 heterocycles. The lowest BCUT2D eigenvalue weighted by Gasteiger charge is -2.45. The molecule has 15 heavy (non-hydrogen) atoms. The van der Waals surface area contributed by atoms with Gasteiger partial charge in [0.15, 0.2) is 0 Å². The lowest BCUT2D eigenvalue weighted by atomic mass is 9.62. The van der Waals surface area contributed by atoms with Crippen LogP contribution in [0.25, 0.3) is 0 Å². The van der Waals surface area contributed by atoms with Crippen molar-refractivity contribution in [3.8, 4) is 0 Å². The van der Waals surface area contributed by atoms with Crippen molar-refractivity contribution in [2.45, 2.75) is 38.5 Å². The quantitative estimate of drug-likeness (QED) is 0.666. The minimum atomic E-state index is -2.65. The number of carbonyl (C=O) groups is 1.